The zero-order chi connectivity index (χ0) is 19.8. The van der Waals surface area contributed by atoms with Crippen molar-refractivity contribution in [2.45, 2.75) is 0 Å². The van der Waals surface area contributed by atoms with Crippen LogP contribution in [0, 0.1) is 5.82 Å². The van der Waals surface area contributed by atoms with Crippen molar-refractivity contribution in [3.05, 3.63) is 83.5 Å². The molecule has 0 radical (unpaired) electrons. The summed E-state index contributed by atoms with van der Waals surface area (Å²) in [5.74, 6) is -0.255. The van der Waals surface area contributed by atoms with E-state index in [1.54, 1.807) is 18.3 Å². The van der Waals surface area contributed by atoms with Crippen LogP contribution in [0.5, 0.6) is 0 Å². The predicted molar refractivity (Wildman–Crippen MR) is 119 cm³/mol. The van der Waals surface area contributed by atoms with Crippen molar-refractivity contribution in [1.29, 1.82) is 0 Å². The number of benzene rings is 3. The average molecular weight is 400 g/mol. The lowest BCUT2D eigenvalue weighted by Crippen LogP contribution is -1.91. The second-order valence-corrected chi connectivity index (χ2v) is 7.63. The Morgan fingerprint density at radius 2 is 1.79 bits per heavy atom. The lowest BCUT2D eigenvalue weighted by molar-refractivity contribution is 0.628. The molecule has 2 heterocycles. The van der Waals surface area contributed by atoms with Crippen LogP contribution in [0.2, 0.25) is 0 Å². The molecular weight excluding hydrogens is 383 g/mol. The molecule has 0 unspecified atom stereocenters. The summed E-state index contributed by atoms with van der Waals surface area (Å²) in [4.78, 5) is 4.50. The molecule has 0 saturated heterocycles. The molecule has 0 spiro atoms. The highest BCUT2D eigenvalue weighted by atomic mass is 32.1. The number of nitrogens with one attached hydrogen (secondary N) is 1. The SMILES string of the molecule is Cn1c2ccccc2c2cc(/C=N/Nc3nc(-c4ccc(F)cc4)cs3)ccc21. The Hall–Kier alpha value is -3.51. The van der Waals surface area contributed by atoms with Crippen LogP contribution >= 0.6 is 11.3 Å². The summed E-state index contributed by atoms with van der Waals surface area (Å²) >= 11 is 1.46. The number of fused-ring (bicyclic) bond motifs is 3. The summed E-state index contributed by atoms with van der Waals surface area (Å²) in [6.07, 6.45) is 1.79. The van der Waals surface area contributed by atoms with Crippen molar-refractivity contribution in [3.8, 4) is 11.3 Å². The number of hydrogen-bond donors (Lipinski definition) is 1. The van der Waals surface area contributed by atoms with E-state index >= 15 is 0 Å². The molecule has 5 rings (SSSR count). The van der Waals surface area contributed by atoms with Crippen molar-refractivity contribution >= 4 is 44.5 Å². The third kappa shape index (κ3) is 3.28. The maximum Gasteiger partial charge on any atom is 0.203 e. The van der Waals surface area contributed by atoms with Crippen molar-refractivity contribution in [3.63, 3.8) is 0 Å². The molecule has 6 heteroatoms. The van der Waals surface area contributed by atoms with Crippen LogP contribution in [0.1, 0.15) is 5.56 Å². The Labute approximate surface area is 170 Å². The first-order chi connectivity index (χ1) is 14.2. The Morgan fingerprint density at radius 3 is 2.66 bits per heavy atom. The molecule has 2 aromatic heterocycles. The van der Waals surface area contributed by atoms with Gasteiger partial charge in [-0.1, -0.05) is 24.3 Å². The highest BCUT2D eigenvalue weighted by Gasteiger charge is 2.08. The standard InChI is InChI=1S/C23H17FN4S/c1-28-21-5-3-2-4-18(21)19-12-15(6-11-22(19)28)13-25-27-23-26-20(14-29-23)16-7-9-17(24)10-8-16/h2-14H,1H3,(H,26,27)/b25-13+. The van der Waals surface area contributed by atoms with Crippen LogP contribution in [-0.2, 0) is 7.05 Å². The lowest BCUT2D eigenvalue weighted by Gasteiger charge is -1.99. The summed E-state index contributed by atoms with van der Waals surface area (Å²) in [6.45, 7) is 0. The highest BCUT2D eigenvalue weighted by molar-refractivity contribution is 7.14. The van der Waals surface area contributed by atoms with Gasteiger partial charge in [-0.05, 0) is 48.0 Å². The molecule has 142 valence electrons. The molecule has 4 nitrogen and oxygen atoms in total. The molecule has 0 aliphatic carbocycles. The molecule has 1 N–H and O–H groups in total. The van der Waals surface area contributed by atoms with Crippen molar-refractivity contribution in [2.75, 3.05) is 5.43 Å². The number of anilines is 1. The third-order valence-electron chi connectivity index (χ3n) is 4.96. The van der Waals surface area contributed by atoms with Gasteiger partial charge in [0.25, 0.3) is 0 Å². The van der Waals surface area contributed by atoms with Gasteiger partial charge in [0.1, 0.15) is 5.82 Å². The summed E-state index contributed by atoms with van der Waals surface area (Å²) in [6, 6.07) is 21.0. The fourth-order valence-electron chi connectivity index (χ4n) is 3.51. The minimum absolute atomic E-state index is 0.255. The summed E-state index contributed by atoms with van der Waals surface area (Å²) in [5.41, 5.74) is 8.07. The van der Waals surface area contributed by atoms with Gasteiger partial charge in [-0.2, -0.15) is 5.10 Å². The van der Waals surface area contributed by atoms with Crippen molar-refractivity contribution in [2.24, 2.45) is 12.1 Å². The van der Waals surface area contributed by atoms with Crippen LogP contribution in [0.25, 0.3) is 33.1 Å². The van der Waals surface area contributed by atoms with E-state index < -0.39 is 0 Å². The van der Waals surface area contributed by atoms with Crippen molar-refractivity contribution in [1.82, 2.24) is 9.55 Å². The van der Waals surface area contributed by atoms with Crippen LogP contribution in [-0.4, -0.2) is 15.8 Å². The normalized spacial score (nSPS) is 11.7. The van der Waals surface area contributed by atoms with E-state index in [4.69, 9.17) is 0 Å². The third-order valence-corrected chi connectivity index (χ3v) is 5.70. The van der Waals surface area contributed by atoms with E-state index in [9.17, 15) is 4.39 Å². The topological polar surface area (TPSA) is 42.2 Å². The molecule has 0 fully saturated rings. The molecule has 0 aliphatic rings. The van der Waals surface area contributed by atoms with E-state index in [1.807, 2.05) is 5.38 Å². The number of nitrogens with zero attached hydrogens (tertiary/aromatic N) is 3. The van der Waals surface area contributed by atoms with E-state index in [0.29, 0.717) is 5.13 Å². The van der Waals surface area contributed by atoms with Gasteiger partial charge in [-0.25, -0.2) is 9.37 Å². The lowest BCUT2D eigenvalue weighted by atomic mass is 10.1. The average Bonchev–Trinajstić information content (AvgIpc) is 3.33. The second kappa shape index (κ2) is 7.14. The first-order valence-corrected chi connectivity index (χ1v) is 10.0. The fraction of sp³-hybridized carbons (Fsp3) is 0.0435. The zero-order valence-electron chi connectivity index (χ0n) is 15.6. The summed E-state index contributed by atoms with van der Waals surface area (Å²) in [5, 5.41) is 9.39. The largest absolute Gasteiger partial charge is 0.344 e. The van der Waals surface area contributed by atoms with E-state index in [1.165, 1.54) is 45.3 Å². The Bertz CT molecular complexity index is 1350. The fourth-order valence-corrected chi connectivity index (χ4v) is 4.17. The van der Waals surface area contributed by atoms with Gasteiger partial charge in [0.05, 0.1) is 11.9 Å². The van der Waals surface area contributed by atoms with Crippen LogP contribution < -0.4 is 5.43 Å². The Kier molecular flexibility index (Phi) is 4.33. The predicted octanol–water partition coefficient (Wildman–Crippen LogP) is 6.04. The number of thiazole rings is 1. The molecular formula is C23H17FN4S. The number of rotatable bonds is 4. The minimum atomic E-state index is -0.255. The van der Waals surface area contributed by atoms with Gasteiger partial charge in [0, 0.05) is 39.8 Å². The van der Waals surface area contributed by atoms with Gasteiger partial charge in [0.15, 0.2) is 0 Å². The van der Waals surface area contributed by atoms with E-state index in [2.05, 4.69) is 69.6 Å². The van der Waals surface area contributed by atoms with Crippen LogP contribution in [0.4, 0.5) is 9.52 Å². The molecule has 0 amide bonds. The van der Waals surface area contributed by atoms with Crippen LogP contribution in [0.15, 0.2) is 77.2 Å². The first kappa shape index (κ1) is 17.6. The Balaban J connectivity index is 1.37. The van der Waals surface area contributed by atoms with Gasteiger partial charge in [0.2, 0.25) is 5.13 Å². The van der Waals surface area contributed by atoms with E-state index in [0.717, 1.165) is 16.8 Å². The van der Waals surface area contributed by atoms with E-state index in [-0.39, 0.29) is 5.82 Å². The van der Waals surface area contributed by atoms with Gasteiger partial charge >= 0.3 is 0 Å². The number of aromatic nitrogens is 2. The van der Waals surface area contributed by atoms with Crippen molar-refractivity contribution < 1.29 is 4.39 Å². The molecule has 0 saturated carbocycles. The molecule has 0 aliphatic heterocycles. The Morgan fingerprint density at radius 1 is 1.00 bits per heavy atom. The molecule has 5 aromatic rings. The monoisotopic (exact) mass is 400 g/mol. The summed E-state index contributed by atoms with van der Waals surface area (Å²) in [7, 11) is 2.08. The number of aryl methyl sites for hydroxylation is 1. The maximum absolute atomic E-state index is 13.1. The number of hydrazone groups is 1. The number of para-hydroxylation sites is 1. The quantitative estimate of drug-likeness (QED) is 0.295. The van der Waals surface area contributed by atoms with Gasteiger partial charge in [-0.15, -0.1) is 11.3 Å². The van der Waals surface area contributed by atoms with Crippen LogP contribution in [0.3, 0.4) is 0 Å². The smallest absolute Gasteiger partial charge is 0.203 e. The molecule has 29 heavy (non-hydrogen) atoms. The second-order valence-electron chi connectivity index (χ2n) is 6.77. The molecule has 3 aromatic carbocycles. The molecule has 0 atom stereocenters. The first-order valence-electron chi connectivity index (χ1n) is 9.17. The maximum atomic E-state index is 13.1. The number of hydrogen-bond acceptors (Lipinski definition) is 4. The van der Waals surface area contributed by atoms with Gasteiger partial charge < -0.3 is 4.57 Å². The minimum Gasteiger partial charge on any atom is -0.344 e. The zero-order valence-corrected chi connectivity index (χ0v) is 16.4. The summed E-state index contributed by atoms with van der Waals surface area (Å²) < 4.78 is 15.3. The number of halogens is 1. The van der Waals surface area contributed by atoms with Gasteiger partial charge in [-0.3, -0.25) is 5.43 Å². The molecule has 0 bridgehead atoms. The highest BCUT2D eigenvalue weighted by Crippen LogP contribution is 2.28.